The standard InChI is InChI=1S/C11H15N5O2/c1-4-18-11(17)7(2)13-9-10-15-14-8(3)16(10)6-5-12-9/h5-7H,4H2,1-3H3,(H,12,13). The molecule has 7 heteroatoms. The van der Waals surface area contributed by atoms with Gasteiger partial charge in [0.1, 0.15) is 11.9 Å². The molecule has 0 bridgehead atoms. The van der Waals surface area contributed by atoms with E-state index in [0.717, 1.165) is 5.82 Å². The summed E-state index contributed by atoms with van der Waals surface area (Å²) >= 11 is 0. The van der Waals surface area contributed by atoms with E-state index in [0.29, 0.717) is 18.1 Å². The van der Waals surface area contributed by atoms with Gasteiger partial charge in [0.25, 0.3) is 0 Å². The van der Waals surface area contributed by atoms with Crippen molar-refractivity contribution >= 4 is 17.4 Å². The minimum atomic E-state index is -0.486. The number of carbonyl (C=O) groups is 1. The Labute approximate surface area is 104 Å². The highest BCUT2D eigenvalue weighted by atomic mass is 16.5. The summed E-state index contributed by atoms with van der Waals surface area (Å²) in [5.74, 6) is 0.954. The molecule has 0 saturated heterocycles. The molecule has 0 amide bonds. The number of aryl methyl sites for hydroxylation is 1. The molecule has 0 spiro atoms. The smallest absolute Gasteiger partial charge is 0.328 e. The van der Waals surface area contributed by atoms with Gasteiger partial charge in [-0.25, -0.2) is 9.78 Å². The number of carbonyl (C=O) groups excluding carboxylic acids is 1. The first-order valence-corrected chi connectivity index (χ1v) is 5.73. The minimum Gasteiger partial charge on any atom is -0.464 e. The first kappa shape index (κ1) is 12.3. The summed E-state index contributed by atoms with van der Waals surface area (Å²) in [5.41, 5.74) is 0.589. The molecule has 2 aromatic rings. The van der Waals surface area contributed by atoms with Crippen molar-refractivity contribution in [3.05, 3.63) is 18.2 Å². The molecule has 0 radical (unpaired) electrons. The number of fused-ring (bicyclic) bond motifs is 1. The summed E-state index contributed by atoms with van der Waals surface area (Å²) in [6.45, 7) is 5.68. The monoisotopic (exact) mass is 249 g/mol. The number of rotatable bonds is 4. The van der Waals surface area contributed by atoms with E-state index in [2.05, 4.69) is 20.5 Å². The van der Waals surface area contributed by atoms with Crippen molar-refractivity contribution in [1.29, 1.82) is 0 Å². The Morgan fingerprint density at radius 3 is 3.06 bits per heavy atom. The molecule has 0 saturated carbocycles. The minimum absolute atomic E-state index is 0.322. The maximum absolute atomic E-state index is 11.5. The Bertz CT molecular complexity index is 566. The van der Waals surface area contributed by atoms with E-state index >= 15 is 0 Å². The maximum Gasteiger partial charge on any atom is 0.328 e. The van der Waals surface area contributed by atoms with Gasteiger partial charge in [0.15, 0.2) is 5.82 Å². The van der Waals surface area contributed by atoms with E-state index in [1.54, 1.807) is 30.6 Å². The number of nitrogens with zero attached hydrogens (tertiary/aromatic N) is 4. The van der Waals surface area contributed by atoms with Gasteiger partial charge in [-0.05, 0) is 20.8 Å². The number of aromatic nitrogens is 4. The molecule has 1 unspecified atom stereocenters. The molecule has 7 nitrogen and oxygen atoms in total. The zero-order valence-corrected chi connectivity index (χ0v) is 10.5. The topological polar surface area (TPSA) is 81.4 Å². The normalized spacial score (nSPS) is 12.4. The number of ether oxygens (including phenoxy) is 1. The number of hydrogen-bond acceptors (Lipinski definition) is 6. The Morgan fingerprint density at radius 1 is 1.56 bits per heavy atom. The lowest BCUT2D eigenvalue weighted by Gasteiger charge is -2.13. The van der Waals surface area contributed by atoms with Crippen LogP contribution in [0.25, 0.3) is 5.65 Å². The van der Waals surface area contributed by atoms with Crippen LogP contribution in [0.5, 0.6) is 0 Å². The van der Waals surface area contributed by atoms with Crippen LogP contribution >= 0.6 is 0 Å². The highest BCUT2D eigenvalue weighted by Gasteiger charge is 2.16. The lowest BCUT2D eigenvalue weighted by atomic mass is 10.3. The molecular formula is C11H15N5O2. The van der Waals surface area contributed by atoms with E-state index < -0.39 is 6.04 Å². The fraction of sp³-hybridized carbons (Fsp3) is 0.455. The lowest BCUT2D eigenvalue weighted by Crippen LogP contribution is -2.28. The first-order chi connectivity index (χ1) is 8.63. The molecular weight excluding hydrogens is 234 g/mol. The summed E-state index contributed by atoms with van der Waals surface area (Å²) in [5, 5.41) is 10.9. The SMILES string of the molecule is CCOC(=O)C(C)Nc1nccn2c(C)nnc12. The summed E-state index contributed by atoms with van der Waals surface area (Å²) in [6, 6.07) is -0.486. The summed E-state index contributed by atoms with van der Waals surface area (Å²) in [7, 11) is 0. The summed E-state index contributed by atoms with van der Waals surface area (Å²) in [4.78, 5) is 15.7. The maximum atomic E-state index is 11.5. The van der Waals surface area contributed by atoms with Gasteiger partial charge in [0.05, 0.1) is 6.61 Å². The van der Waals surface area contributed by atoms with Crippen molar-refractivity contribution < 1.29 is 9.53 Å². The number of nitrogens with one attached hydrogen (secondary N) is 1. The molecule has 18 heavy (non-hydrogen) atoms. The second-order valence-corrected chi connectivity index (χ2v) is 3.83. The molecule has 1 atom stereocenters. The van der Waals surface area contributed by atoms with Gasteiger partial charge in [0.2, 0.25) is 5.65 Å². The fourth-order valence-electron chi connectivity index (χ4n) is 1.57. The van der Waals surface area contributed by atoms with Crippen LogP contribution in [0.2, 0.25) is 0 Å². The molecule has 96 valence electrons. The molecule has 2 rings (SSSR count). The quantitative estimate of drug-likeness (QED) is 0.807. The van der Waals surface area contributed by atoms with Gasteiger partial charge < -0.3 is 10.1 Å². The van der Waals surface area contributed by atoms with Crippen LogP contribution in [0.15, 0.2) is 12.4 Å². The van der Waals surface area contributed by atoms with Crippen molar-refractivity contribution in [3.8, 4) is 0 Å². The van der Waals surface area contributed by atoms with Gasteiger partial charge >= 0.3 is 5.97 Å². The molecule has 0 fully saturated rings. The third-order valence-electron chi connectivity index (χ3n) is 2.49. The number of hydrogen-bond donors (Lipinski definition) is 1. The van der Waals surface area contributed by atoms with Gasteiger partial charge in [0, 0.05) is 12.4 Å². The van der Waals surface area contributed by atoms with Crippen LogP contribution in [0.1, 0.15) is 19.7 Å². The van der Waals surface area contributed by atoms with Gasteiger partial charge in [-0.1, -0.05) is 0 Å². The summed E-state index contributed by atoms with van der Waals surface area (Å²) < 4.78 is 6.72. The zero-order chi connectivity index (χ0) is 13.1. The second-order valence-electron chi connectivity index (χ2n) is 3.83. The lowest BCUT2D eigenvalue weighted by molar-refractivity contribution is -0.143. The average molecular weight is 249 g/mol. The second kappa shape index (κ2) is 4.99. The Hall–Kier alpha value is -2.18. The van der Waals surface area contributed by atoms with Gasteiger partial charge in [-0.2, -0.15) is 0 Å². The third-order valence-corrected chi connectivity index (χ3v) is 2.49. The van der Waals surface area contributed by atoms with Crippen LogP contribution < -0.4 is 5.32 Å². The molecule has 0 aromatic carbocycles. The van der Waals surface area contributed by atoms with Crippen molar-refractivity contribution in [2.24, 2.45) is 0 Å². The highest BCUT2D eigenvalue weighted by Crippen LogP contribution is 2.13. The van der Waals surface area contributed by atoms with Crippen LogP contribution in [-0.2, 0) is 9.53 Å². The van der Waals surface area contributed by atoms with E-state index in [4.69, 9.17) is 4.74 Å². The van der Waals surface area contributed by atoms with Crippen molar-refractivity contribution in [2.45, 2.75) is 26.8 Å². The Balaban J connectivity index is 2.24. The Morgan fingerprint density at radius 2 is 2.33 bits per heavy atom. The van der Waals surface area contributed by atoms with Gasteiger partial charge in [-0.15, -0.1) is 10.2 Å². The predicted octanol–water partition coefficient (Wildman–Crippen LogP) is 0.796. The fourth-order valence-corrected chi connectivity index (χ4v) is 1.57. The van der Waals surface area contributed by atoms with E-state index in [-0.39, 0.29) is 5.97 Å². The Kier molecular flexibility index (Phi) is 3.40. The van der Waals surface area contributed by atoms with E-state index in [1.807, 2.05) is 6.92 Å². The van der Waals surface area contributed by atoms with Crippen LogP contribution in [0.4, 0.5) is 5.82 Å². The van der Waals surface area contributed by atoms with Crippen molar-refractivity contribution in [3.63, 3.8) is 0 Å². The van der Waals surface area contributed by atoms with Crippen molar-refractivity contribution in [1.82, 2.24) is 19.6 Å². The van der Waals surface area contributed by atoms with Gasteiger partial charge in [-0.3, -0.25) is 4.40 Å². The van der Waals surface area contributed by atoms with E-state index in [9.17, 15) is 4.79 Å². The molecule has 0 aliphatic carbocycles. The first-order valence-electron chi connectivity index (χ1n) is 5.73. The van der Waals surface area contributed by atoms with Crippen LogP contribution in [0, 0.1) is 6.92 Å². The number of esters is 1. The predicted molar refractivity (Wildman–Crippen MR) is 65.2 cm³/mol. The van der Waals surface area contributed by atoms with E-state index in [1.165, 1.54) is 0 Å². The summed E-state index contributed by atoms with van der Waals surface area (Å²) in [6.07, 6.45) is 3.40. The van der Waals surface area contributed by atoms with Crippen LogP contribution in [0.3, 0.4) is 0 Å². The highest BCUT2D eigenvalue weighted by molar-refractivity contribution is 5.80. The molecule has 0 aliphatic rings. The molecule has 2 heterocycles. The van der Waals surface area contributed by atoms with Crippen LogP contribution in [-0.4, -0.2) is 38.2 Å². The number of anilines is 1. The average Bonchev–Trinajstić information content (AvgIpc) is 2.73. The zero-order valence-electron chi connectivity index (χ0n) is 10.5. The largest absolute Gasteiger partial charge is 0.464 e. The van der Waals surface area contributed by atoms with Crippen molar-refractivity contribution in [2.75, 3.05) is 11.9 Å². The molecule has 1 N–H and O–H groups in total. The molecule has 0 aliphatic heterocycles. The molecule has 2 aromatic heterocycles. The third kappa shape index (κ3) is 2.24.